The van der Waals surface area contributed by atoms with Crippen molar-refractivity contribution in [3.05, 3.63) is 0 Å². The van der Waals surface area contributed by atoms with Crippen molar-refractivity contribution in [2.75, 3.05) is 19.7 Å². The molecule has 1 amide bonds. The summed E-state index contributed by atoms with van der Waals surface area (Å²) in [5.41, 5.74) is 10.6. The summed E-state index contributed by atoms with van der Waals surface area (Å²) in [7, 11) is 0. The van der Waals surface area contributed by atoms with Gasteiger partial charge in [-0.15, -0.1) is 0 Å². The largest absolute Gasteiger partial charge is 0.396 e. The zero-order chi connectivity index (χ0) is 12.0. The molecule has 3 unspecified atom stereocenters. The lowest BCUT2D eigenvalue weighted by Crippen LogP contribution is -2.46. The average Bonchev–Trinajstić information content (AvgIpc) is 2.29. The van der Waals surface area contributed by atoms with Crippen molar-refractivity contribution in [2.24, 2.45) is 23.3 Å². The summed E-state index contributed by atoms with van der Waals surface area (Å²) in [6, 6.07) is -0.615. The van der Waals surface area contributed by atoms with Gasteiger partial charge in [0, 0.05) is 13.2 Å². The molecule has 0 aromatic heterocycles. The Hall–Kier alpha value is -0.650. The zero-order valence-electron chi connectivity index (χ0n) is 9.69. The summed E-state index contributed by atoms with van der Waals surface area (Å²) in [6.45, 7) is 1.49. The molecule has 1 aliphatic rings. The van der Waals surface area contributed by atoms with Crippen molar-refractivity contribution in [1.82, 2.24) is 5.32 Å². The smallest absolute Gasteiger partial charge is 0.235 e. The molecule has 0 aromatic rings. The maximum absolute atomic E-state index is 10.7. The SMILES string of the molecule is NC(=O)C(N)CNCC1CCCCC1CO. The van der Waals surface area contributed by atoms with E-state index in [0.717, 1.165) is 19.4 Å². The van der Waals surface area contributed by atoms with E-state index in [4.69, 9.17) is 11.5 Å². The first-order valence-electron chi connectivity index (χ1n) is 6.01. The minimum Gasteiger partial charge on any atom is -0.396 e. The van der Waals surface area contributed by atoms with Crippen LogP contribution in [0.5, 0.6) is 0 Å². The van der Waals surface area contributed by atoms with Crippen molar-refractivity contribution in [3.8, 4) is 0 Å². The van der Waals surface area contributed by atoms with Crippen LogP contribution in [0.2, 0.25) is 0 Å². The Labute approximate surface area is 96.6 Å². The topological polar surface area (TPSA) is 101 Å². The Balaban J connectivity index is 2.22. The van der Waals surface area contributed by atoms with Crippen molar-refractivity contribution in [1.29, 1.82) is 0 Å². The first-order chi connectivity index (χ1) is 7.65. The maximum atomic E-state index is 10.7. The minimum absolute atomic E-state index is 0.258. The van der Waals surface area contributed by atoms with Gasteiger partial charge in [-0.1, -0.05) is 12.8 Å². The van der Waals surface area contributed by atoms with Gasteiger partial charge in [-0.05, 0) is 31.2 Å². The molecule has 0 bridgehead atoms. The fraction of sp³-hybridized carbons (Fsp3) is 0.909. The van der Waals surface area contributed by atoms with Crippen molar-refractivity contribution < 1.29 is 9.90 Å². The third kappa shape index (κ3) is 4.08. The highest BCUT2D eigenvalue weighted by molar-refractivity contribution is 5.79. The van der Waals surface area contributed by atoms with E-state index in [1.807, 2.05) is 0 Å². The second kappa shape index (κ2) is 6.83. The number of aliphatic hydroxyl groups excluding tert-OH is 1. The molecule has 6 N–H and O–H groups in total. The van der Waals surface area contributed by atoms with E-state index in [1.54, 1.807) is 0 Å². The third-order valence-corrected chi connectivity index (χ3v) is 3.44. The molecule has 1 rings (SSSR count). The Morgan fingerprint density at radius 3 is 2.56 bits per heavy atom. The Kier molecular flexibility index (Phi) is 5.73. The second-order valence-electron chi connectivity index (χ2n) is 4.65. The van der Waals surface area contributed by atoms with E-state index < -0.39 is 11.9 Å². The van der Waals surface area contributed by atoms with E-state index in [-0.39, 0.29) is 6.61 Å². The van der Waals surface area contributed by atoms with Crippen LogP contribution in [0.15, 0.2) is 0 Å². The van der Waals surface area contributed by atoms with Gasteiger partial charge in [0.25, 0.3) is 0 Å². The van der Waals surface area contributed by atoms with Crippen LogP contribution in [-0.2, 0) is 4.79 Å². The van der Waals surface area contributed by atoms with E-state index in [1.165, 1.54) is 12.8 Å². The number of aliphatic hydroxyl groups is 1. The number of carbonyl (C=O) groups excluding carboxylic acids is 1. The predicted molar refractivity (Wildman–Crippen MR) is 62.6 cm³/mol. The number of nitrogens with one attached hydrogen (secondary N) is 1. The number of rotatable bonds is 6. The molecule has 0 aliphatic heterocycles. The average molecular weight is 229 g/mol. The van der Waals surface area contributed by atoms with Crippen molar-refractivity contribution in [3.63, 3.8) is 0 Å². The highest BCUT2D eigenvalue weighted by atomic mass is 16.3. The van der Waals surface area contributed by atoms with Crippen molar-refractivity contribution in [2.45, 2.75) is 31.7 Å². The number of hydrogen-bond acceptors (Lipinski definition) is 4. The van der Waals surface area contributed by atoms with E-state index >= 15 is 0 Å². The van der Waals surface area contributed by atoms with Gasteiger partial charge in [-0.25, -0.2) is 0 Å². The molecule has 0 radical (unpaired) electrons. The highest BCUT2D eigenvalue weighted by Crippen LogP contribution is 2.28. The quantitative estimate of drug-likeness (QED) is 0.478. The van der Waals surface area contributed by atoms with Crippen LogP contribution in [0.1, 0.15) is 25.7 Å². The molecule has 16 heavy (non-hydrogen) atoms. The summed E-state index contributed by atoms with van der Waals surface area (Å²) in [5.74, 6) is 0.416. The Morgan fingerprint density at radius 1 is 1.38 bits per heavy atom. The molecule has 5 heteroatoms. The molecule has 0 saturated heterocycles. The van der Waals surface area contributed by atoms with Crippen molar-refractivity contribution >= 4 is 5.91 Å². The van der Waals surface area contributed by atoms with Crippen LogP contribution in [-0.4, -0.2) is 36.8 Å². The van der Waals surface area contributed by atoms with Gasteiger partial charge < -0.3 is 21.9 Å². The normalized spacial score (nSPS) is 27.6. The van der Waals surface area contributed by atoms with Gasteiger partial charge in [0.15, 0.2) is 0 Å². The number of carbonyl (C=O) groups is 1. The van der Waals surface area contributed by atoms with Crippen LogP contribution < -0.4 is 16.8 Å². The molecule has 1 fully saturated rings. The first kappa shape index (κ1) is 13.4. The van der Waals surface area contributed by atoms with Gasteiger partial charge in [0.05, 0.1) is 6.04 Å². The number of nitrogens with two attached hydrogens (primary N) is 2. The summed E-state index contributed by atoms with van der Waals surface area (Å²) in [6.07, 6.45) is 4.68. The molecular formula is C11H23N3O2. The lowest BCUT2D eigenvalue weighted by molar-refractivity contribution is -0.119. The van der Waals surface area contributed by atoms with Gasteiger partial charge in [-0.3, -0.25) is 4.79 Å². The second-order valence-corrected chi connectivity index (χ2v) is 4.65. The number of primary amides is 1. The fourth-order valence-corrected chi connectivity index (χ4v) is 2.32. The maximum Gasteiger partial charge on any atom is 0.235 e. The standard InChI is InChI=1S/C11H23N3O2/c12-10(11(13)16)6-14-5-8-3-1-2-4-9(8)7-15/h8-10,14-15H,1-7,12H2,(H2,13,16). The molecule has 0 aromatic carbocycles. The lowest BCUT2D eigenvalue weighted by Gasteiger charge is -2.30. The van der Waals surface area contributed by atoms with Gasteiger partial charge in [0.1, 0.15) is 0 Å². The molecule has 3 atom stereocenters. The van der Waals surface area contributed by atoms with Crippen LogP contribution >= 0.6 is 0 Å². The van der Waals surface area contributed by atoms with Gasteiger partial charge in [-0.2, -0.15) is 0 Å². The summed E-state index contributed by atoms with van der Waals surface area (Å²) >= 11 is 0. The molecular weight excluding hydrogens is 206 g/mol. The van der Waals surface area contributed by atoms with E-state index in [9.17, 15) is 9.90 Å². The highest BCUT2D eigenvalue weighted by Gasteiger charge is 2.24. The zero-order valence-corrected chi connectivity index (χ0v) is 9.69. The molecule has 1 saturated carbocycles. The molecule has 5 nitrogen and oxygen atoms in total. The van der Waals surface area contributed by atoms with Crippen LogP contribution in [0.4, 0.5) is 0 Å². The van der Waals surface area contributed by atoms with Crippen LogP contribution in [0.3, 0.4) is 0 Å². The molecule has 0 heterocycles. The number of amides is 1. The third-order valence-electron chi connectivity index (χ3n) is 3.44. The molecule has 1 aliphatic carbocycles. The fourth-order valence-electron chi connectivity index (χ4n) is 2.32. The first-order valence-corrected chi connectivity index (χ1v) is 6.01. The Bertz CT molecular complexity index is 223. The van der Waals surface area contributed by atoms with E-state index in [2.05, 4.69) is 5.32 Å². The van der Waals surface area contributed by atoms with Gasteiger partial charge in [0.2, 0.25) is 5.91 Å². The van der Waals surface area contributed by atoms with Crippen LogP contribution in [0, 0.1) is 11.8 Å². The minimum atomic E-state index is -0.615. The van der Waals surface area contributed by atoms with E-state index in [0.29, 0.717) is 18.4 Å². The molecule has 0 spiro atoms. The molecule has 94 valence electrons. The monoisotopic (exact) mass is 229 g/mol. The predicted octanol–water partition coefficient (Wildman–Crippen LogP) is -0.813. The number of hydrogen-bond donors (Lipinski definition) is 4. The summed E-state index contributed by atoms with van der Waals surface area (Å²) < 4.78 is 0. The summed E-state index contributed by atoms with van der Waals surface area (Å²) in [5, 5.41) is 12.4. The Morgan fingerprint density at radius 2 is 2.00 bits per heavy atom. The summed E-state index contributed by atoms with van der Waals surface area (Å²) in [4.78, 5) is 10.7. The van der Waals surface area contributed by atoms with Gasteiger partial charge >= 0.3 is 0 Å². The van der Waals surface area contributed by atoms with Crippen LogP contribution in [0.25, 0.3) is 0 Å². The lowest BCUT2D eigenvalue weighted by atomic mass is 9.79.